The van der Waals surface area contributed by atoms with Crippen LogP contribution in [0.4, 0.5) is 0 Å². The molecular formula is C17H30N2OS. The van der Waals surface area contributed by atoms with Crippen LogP contribution in [0.2, 0.25) is 0 Å². The minimum atomic E-state index is -0.116. The van der Waals surface area contributed by atoms with Crippen molar-refractivity contribution in [2.45, 2.75) is 83.4 Å². The van der Waals surface area contributed by atoms with Gasteiger partial charge in [-0.2, -0.15) is 0 Å². The summed E-state index contributed by atoms with van der Waals surface area (Å²) in [6.45, 7) is 11.1. The van der Waals surface area contributed by atoms with Crippen molar-refractivity contribution in [3.8, 4) is 0 Å². The van der Waals surface area contributed by atoms with Crippen LogP contribution < -0.4 is 5.32 Å². The molecule has 2 rings (SSSR count). The number of rotatable bonds is 4. The molecule has 3 nitrogen and oxygen atoms in total. The molecule has 0 bridgehead atoms. The molecule has 0 amide bonds. The quantitative estimate of drug-likeness (QED) is 0.904. The molecule has 0 aliphatic heterocycles. The Labute approximate surface area is 133 Å². The largest absolute Gasteiger partial charge is 0.379 e. The lowest BCUT2D eigenvalue weighted by Gasteiger charge is -2.44. The molecule has 1 aliphatic carbocycles. The lowest BCUT2D eigenvalue weighted by molar-refractivity contribution is -0.0195. The third-order valence-corrected chi connectivity index (χ3v) is 5.34. The molecule has 0 spiro atoms. The average Bonchev–Trinajstić information content (AvgIpc) is 2.88. The van der Waals surface area contributed by atoms with Gasteiger partial charge in [-0.15, -0.1) is 11.3 Å². The second-order valence-electron chi connectivity index (χ2n) is 7.53. The van der Waals surface area contributed by atoms with E-state index < -0.39 is 0 Å². The number of methoxy groups -OCH3 is 1. The van der Waals surface area contributed by atoms with E-state index in [1.807, 2.05) is 7.11 Å². The van der Waals surface area contributed by atoms with Gasteiger partial charge in [0.2, 0.25) is 0 Å². The summed E-state index contributed by atoms with van der Waals surface area (Å²) in [4.78, 5) is 5.00. The normalized spacial score (nSPS) is 27.3. The topological polar surface area (TPSA) is 34.1 Å². The SMILES string of the molecule is COC1CCCCC1(NC(C)C)c1nc(C(C)(C)C)cs1. The van der Waals surface area contributed by atoms with Gasteiger partial charge in [-0.05, 0) is 26.7 Å². The van der Waals surface area contributed by atoms with E-state index in [1.165, 1.54) is 23.5 Å². The van der Waals surface area contributed by atoms with E-state index in [9.17, 15) is 0 Å². The van der Waals surface area contributed by atoms with Crippen molar-refractivity contribution in [3.05, 3.63) is 16.1 Å². The molecule has 1 fully saturated rings. The molecule has 1 heterocycles. The van der Waals surface area contributed by atoms with Crippen LogP contribution in [0.3, 0.4) is 0 Å². The van der Waals surface area contributed by atoms with Crippen molar-refractivity contribution in [1.29, 1.82) is 0 Å². The molecule has 0 radical (unpaired) electrons. The van der Waals surface area contributed by atoms with Crippen LogP contribution in [0, 0.1) is 0 Å². The third kappa shape index (κ3) is 3.49. The Hall–Kier alpha value is -0.450. The van der Waals surface area contributed by atoms with Gasteiger partial charge in [0.05, 0.1) is 17.3 Å². The Morgan fingerprint density at radius 2 is 2.10 bits per heavy atom. The Morgan fingerprint density at radius 1 is 1.38 bits per heavy atom. The fourth-order valence-electron chi connectivity index (χ4n) is 3.27. The van der Waals surface area contributed by atoms with E-state index in [4.69, 9.17) is 9.72 Å². The second kappa shape index (κ2) is 6.35. The third-order valence-electron chi connectivity index (χ3n) is 4.32. The molecule has 1 aliphatic rings. The van der Waals surface area contributed by atoms with Crippen molar-refractivity contribution >= 4 is 11.3 Å². The number of hydrogen-bond donors (Lipinski definition) is 1. The predicted octanol–water partition coefficient (Wildman–Crippen LogP) is 4.22. The monoisotopic (exact) mass is 310 g/mol. The van der Waals surface area contributed by atoms with Crippen molar-refractivity contribution in [2.24, 2.45) is 0 Å². The maximum Gasteiger partial charge on any atom is 0.116 e. The van der Waals surface area contributed by atoms with E-state index in [-0.39, 0.29) is 17.1 Å². The van der Waals surface area contributed by atoms with Gasteiger partial charge >= 0.3 is 0 Å². The highest BCUT2D eigenvalue weighted by molar-refractivity contribution is 7.09. The van der Waals surface area contributed by atoms with Gasteiger partial charge < -0.3 is 10.1 Å². The van der Waals surface area contributed by atoms with Crippen molar-refractivity contribution in [1.82, 2.24) is 10.3 Å². The van der Waals surface area contributed by atoms with Crippen molar-refractivity contribution in [2.75, 3.05) is 7.11 Å². The fraction of sp³-hybridized carbons (Fsp3) is 0.824. The standard InChI is InChI=1S/C17H30N2OS/c1-12(2)19-17(10-8-7-9-14(17)20-6)15-18-13(11-21-15)16(3,4)5/h11-12,14,19H,7-10H2,1-6H3. The highest BCUT2D eigenvalue weighted by atomic mass is 32.1. The Bertz CT molecular complexity index is 464. The van der Waals surface area contributed by atoms with Gasteiger partial charge in [-0.1, -0.05) is 33.6 Å². The molecule has 1 N–H and O–H groups in total. The van der Waals surface area contributed by atoms with E-state index in [2.05, 4.69) is 45.3 Å². The summed E-state index contributed by atoms with van der Waals surface area (Å²) >= 11 is 1.79. The molecule has 0 saturated heterocycles. The summed E-state index contributed by atoms with van der Waals surface area (Å²) in [6.07, 6.45) is 4.93. The van der Waals surface area contributed by atoms with Gasteiger partial charge in [0, 0.05) is 23.9 Å². The molecule has 2 unspecified atom stereocenters. The fourth-order valence-corrected chi connectivity index (χ4v) is 4.55. The molecule has 120 valence electrons. The minimum absolute atomic E-state index is 0.102. The summed E-state index contributed by atoms with van der Waals surface area (Å²) in [7, 11) is 1.84. The van der Waals surface area contributed by atoms with Crippen LogP contribution in [-0.2, 0) is 15.7 Å². The van der Waals surface area contributed by atoms with Crippen LogP contribution >= 0.6 is 11.3 Å². The Kier molecular flexibility index (Phi) is 5.11. The van der Waals surface area contributed by atoms with Crippen molar-refractivity contribution < 1.29 is 4.74 Å². The summed E-state index contributed by atoms with van der Waals surface area (Å²) in [5.74, 6) is 0. The molecule has 1 aromatic rings. The molecule has 0 aromatic carbocycles. The average molecular weight is 311 g/mol. The Morgan fingerprint density at radius 3 is 2.62 bits per heavy atom. The number of ether oxygens (including phenoxy) is 1. The molecule has 1 saturated carbocycles. The summed E-state index contributed by atoms with van der Waals surface area (Å²) in [6, 6.07) is 0.419. The van der Waals surface area contributed by atoms with E-state index in [0.29, 0.717) is 6.04 Å². The van der Waals surface area contributed by atoms with Crippen LogP contribution in [-0.4, -0.2) is 24.2 Å². The zero-order valence-corrected chi connectivity index (χ0v) is 15.1. The molecule has 21 heavy (non-hydrogen) atoms. The maximum atomic E-state index is 5.86. The smallest absolute Gasteiger partial charge is 0.116 e. The molecule has 4 heteroatoms. The highest BCUT2D eigenvalue weighted by Gasteiger charge is 2.45. The zero-order valence-electron chi connectivity index (χ0n) is 14.3. The second-order valence-corrected chi connectivity index (χ2v) is 8.39. The van der Waals surface area contributed by atoms with E-state index >= 15 is 0 Å². The first-order chi connectivity index (χ1) is 9.79. The number of hydrogen-bond acceptors (Lipinski definition) is 4. The van der Waals surface area contributed by atoms with Crippen LogP contribution in [0.1, 0.15) is 71.0 Å². The van der Waals surface area contributed by atoms with E-state index in [1.54, 1.807) is 11.3 Å². The summed E-state index contributed by atoms with van der Waals surface area (Å²) < 4.78 is 5.86. The van der Waals surface area contributed by atoms with Gasteiger partial charge in [0.1, 0.15) is 5.01 Å². The van der Waals surface area contributed by atoms with Gasteiger partial charge in [-0.3, -0.25) is 0 Å². The van der Waals surface area contributed by atoms with Crippen LogP contribution in [0.5, 0.6) is 0 Å². The number of thiazole rings is 1. The predicted molar refractivity (Wildman–Crippen MR) is 90.0 cm³/mol. The highest BCUT2D eigenvalue weighted by Crippen LogP contribution is 2.41. The van der Waals surface area contributed by atoms with Crippen LogP contribution in [0.15, 0.2) is 5.38 Å². The number of aromatic nitrogens is 1. The Balaban J connectivity index is 2.41. The minimum Gasteiger partial charge on any atom is -0.379 e. The maximum absolute atomic E-state index is 5.86. The lowest BCUT2D eigenvalue weighted by Crippen LogP contribution is -2.56. The molecule has 2 atom stereocenters. The first-order valence-corrected chi connectivity index (χ1v) is 8.94. The molecule has 1 aromatic heterocycles. The number of nitrogens with one attached hydrogen (secondary N) is 1. The first kappa shape index (κ1) is 16.9. The van der Waals surface area contributed by atoms with Gasteiger partial charge in [0.15, 0.2) is 0 Å². The van der Waals surface area contributed by atoms with Crippen LogP contribution in [0.25, 0.3) is 0 Å². The van der Waals surface area contributed by atoms with E-state index in [0.717, 1.165) is 12.8 Å². The lowest BCUT2D eigenvalue weighted by atomic mass is 9.78. The van der Waals surface area contributed by atoms with Gasteiger partial charge in [-0.25, -0.2) is 4.98 Å². The summed E-state index contributed by atoms with van der Waals surface area (Å²) in [5, 5.41) is 7.22. The van der Waals surface area contributed by atoms with Gasteiger partial charge in [0.25, 0.3) is 0 Å². The summed E-state index contributed by atoms with van der Waals surface area (Å²) in [5.41, 5.74) is 1.17. The zero-order chi connectivity index (χ0) is 15.7. The first-order valence-electron chi connectivity index (χ1n) is 8.06. The van der Waals surface area contributed by atoms with Crippen molar-refractivity contribution in [3.63, 3.8) is 0 Å². The molecular weight excluding hydrogens is 280 g/mol. The number of nitrogens with zero attached hydrogens (tertiary/aromatic N) is 1.